The van der Waals surface area contributed by atoms with Crippen molar-refractivity contribution in [2.24, 2.45) is 0 Å². The quantitative estimate of drug-likeness (QED) is 0.889. The molecule has 0 atom stereocenters. The summed E-state index contributed by atoms with van der Waals surface area (Å²) in [5, 5.41) is 4.33. The summed E-state index contributed by atoms with van der Waals surface area (Å²) in [6.45, 7) is 0.524. The van der Waals surface area contributed by atoms with Crippen molar-refractivity contribution < 1.29 is 9.59 Å². The second kappa shape index (κ2) is 7.68. The lowest BCUT2D eigenvalue weighted by Gasteiger charge is -2.27. The lowest BCUT2D eigenvalue weighted by atomic mass is 10.1. The lowest BCUT2D eigenvalue weighted by molar-refractivity contribution is -0.122. The van der Waals surface area contributed by atoms with E-state index in [-0.39, 0.29) is 18.4 Å². The van der Waals surface area contributed by atoms with Gasteiger partial charge in [0.15, 0.2) is 0 Å². The van der Waals surface area contributed by atoms with E-state index in [9.17, 15) is 9.59 Å². The van der Waals surface area contributed by atoms with Crippen molar-refractivity contribution in [3.8, 4) is 0 Å². The Morgan fingerprint density at radius 3 is 2.88 bits per heavy atom. The summed E-state index contributed by atoms with van der Waals surface area (Å²) in [4.78, 5) is 30.0. The van der Waals surface area contributed by atoms with Crippen LogP contribution in [0.3, 0.4) is 0 Å². The highest BCUT2D eigenvalue weighted by atomic mass is 35.5. The minimum absolute atomic E-state index is 0.0126. The third kappa shape index (κ3) is 4.07. The molecule has 0 saturated heterocycles. The van der Waals surface area contributed by atoms with E-state index < -0.39 is 0 Å². The zero-order valence-electron chi connectivity index (χ0n) is 12.9. The van der Waals surface area contributed by atoms with Crippen LogP contribution in [0.15, 0.2) is 47.6 Å². The largest absolute Gasteiger partial charge is 0.354 e. The monoisotopic (exact) mass is 361 g/mol. The number of aromatic nitrogens is 1. The number of nitrogens with zero attached hydrogens (tertiary/aromatic N) is 2. The molecular weight excluding hydrogens is 346 g/mol. The van der Waals surface area contributed by atoms with Gasteiger partial charge < -0.3 is 5.32 Å². The minimum Gasteiger partial charge on any atom is -0.354 e. The summed E-state index contributed by atoms with van der Waals surface area (Å²) in [6.07, 6.45) is 2.40. The Kier molecular flexibility index (Phi) is 5.37. The Morgan fingerprint density at radius 2 is 2.08 bits per heavy atom. The molecule has 3 rings (SSSR count). The van der Waals surface area contributed by atoms with Crippen LogP contribution in [-0.2, 0) is 16.0 Å². The van der Waals surface area contributed by atoms with E-state index in [1.807, 2.05) is 30.3 Å². The standard InChI is InChI=1S/C17H16ClN3O2S/c18-13-5-3-12(4-6-13)7-9-19-15(22)10-21-14-2-1-8-20-17(14)24-11-16(21)23/h1-6,8H,7,9-11H2,(H,19,22). The van der Waals surface area contributed by atoms with Crippen LogP contribution in [0.4, 0.5) is 5.69 Å². The summed E-state index contributed by atoms with van der Waals surface area (Å²) < 4.78 is 0. The Balaban J connectivity index is 1.55. The maximum absolute atomic E-state index is 12.2. The second-order valence-electron chi connectivity index (χ2n) is 5.32. The summed E-state index contributed by atoms with van der Waals surface area (Å²) in [7, 11) is 0. The molecule has 0 unspecified atom stereocenters. The van der Waals surface area contributed by atoms with Gasteiger partial charge in [-0.3, -0.25) is 14.5 Å². The van der Waals surface area contributed by atoms with Gasteiger partial charge in [-0.25, -0.2) is 4.98 Å². The van der Waals surface area contributed by atoms with Crippen LogP contribution in [0.5, 0.6) is 0 Å². The van der Waals surface area contributed by atoms with E-state index in [1.165, 1.54) is 16.7 Å². The average molecular weight is 362 g/mol. The highest BCUT2D eigenvalue weighted by molar-refractivity contribution is 8.00. The predicted octanol–water partition coefficient (Wildman–Crippen LogP) is 2.53. The van der Waals surface area contributed by atoms with Crippen LogP contribution in [0, 0.1) is 0 Å². The van der Waals surface area contributed by atoms with Gasteiger partial charge in [-0.1, -0.05) is 35.5 Å². The number of hydrogen-bond acceptors (Lipinski definition) is 4. The average Bonchev–Trinajstić information content (AvgIpc) is 2.59. The molecule has 1 aromatic carbocycles. The second-order valence-corrected chi connectivity index (χ2v) is 6.72. The molecule has 5 nitrogen and oxygen atoms in total. The highest BCUT2D eigenvalue weighted by Crippen LogP contribution is 2.32. The fourth-order valence-electron chi connectivity index (χ4n) is 2.41. The number of fused-ring (bicyclic) bond motifs is 1. The first kappa shape index (κ1) is 16.8. The van der Waals surface area contributed by atoms with Crippen molar-refractivity contribution >= 4 is 40.9 Å². The molecule has 0 spiro atoms. The first-order valence-electron chi connectivity index (χ1n) is 7.53. The third-order valence-corrected chi connectivity index (χ3v) is 4.86. The van der Waals surface area contributed by atoms with E-state index in [0.29, 0.717) is 29.4 Å². The highest BCUT2D eigenvalue weighted by Gasteiger charge is 2.26. The van der Waals surface area contributed by atoms with Crippen molar-refractivity contribution in [1.82, 2.24) is 10.3 Å². The summed E-state index contributed by atoms with van der Waals surface area (Å²) in [6, 6.07) is 11.1. The lowest BCUT2D eigenvalue weighted by Crippen LogP contribution is -2.43. The predicted molar refractivity (Wildman–Crippen MR) is 95.5 cm³/mol. The van der Waals surface area contributed by atoms with E-state index in [0.717, 1.165) is 10.6 Å². The van der Waals surface area contributed by atoms with E-state index in [2.05, 4.69) is 10.3 Å². The third-order valence-electron chi connectivity index (χ3n) is 3.63. The molecule has 0 fully saturated rings. The van der Waals surface area contributed by atoms with Gasteiger partial charge in [0.05, 0.1) is 11.4 Å². The molecule has 0 saturated carbocycles. The van der Waals surface area contributed by atoms with Gasteiger partial charge in [-0.2, -0.15) is 0 Å². The Bertz CT molecular complexity index is 752. The molecule has 1 aliphatic heterocycles. The van der Waals surface area contributed by atoms with Crippen LogP contribution in [0.2, 0.25) is 5.02 Å². The van der Waals surface area contributed by atoms with Crippen LogP contribution in [0.25, 0.3) is 0 Å². The molecular formula is C17H16ClN3O2S. The fraction of sp³-hybridized carbons (Fsp3) is 0.235. The van der Waals surface area contributed by atoms with Gasteiger partial charge in [0.2, 0.25) is 11.8 Å². The summed E-state index contributed by atoms with van der Waals surface area (Å²) >= 11 is 7.24. The van der Waals surface area contributed by atoms with Gasteiger partial charge >= 0.3 is 0 Å². The maximum Gasteiger partial charge on any atom is 0.240 e. The van der Waals surface area contributed by atoms with Gasteiger partial charge in [0.1, 0.15) is 11.6 Å². The first-order valence-corrected chi connectivity index (χ1v) is 8.89. The zero-order valence-corrected chi connectivity index (χ0v) is 14.4. The van der Waals surface area contributed by atoms with Crippen molar-refractivity contribution in [2.75, 3.05) is 23.7 Å². The topological polar surface area (TPSA) is 62.3 Å². The molecule has 7 heteroatoms. The molecule has 124 valence electrons. The van der Waals surface area contributed by atoms with Crippen LogP contribution >= 0.6 is 23.4 Å². The Labute approximate surface area is 149 Å². The van der Waals surface area contributed by atoms with E-state index in [1.54, 1.807) is 12.3 Å². The van der Waals surface area contributed by atoms with Crippen molar-refractivity contribution in [2.45, 2.75) is 11.4 Å². The Hall–Kier alpha value is -2.05. The molecule has 1 N–H and O–H groups in total. The zero-order chi connectivity index (χ0) is 16.9. The molecule has 1 aromatic heterocycles. The van der Waals surface area contributed by atoms with Gasteiger partial charge in [-0.15, -0.1) is 0 Å². The maximum atomic E-state index is 12.2. The number of pyridine rings is 1. The minimum atomic E-state index is -0.181. The number of thioether (sulfide) groups is 1. The number of halogens is 1. The summed E-state index contributed by atoms with van der Waals surface area (Å²) in [5.74, 6) is 0.0505. The van der Waals surface area contributed by atoms with Gasteiger partial charge in [0, 0.05) is 17.8 Å². The molecule has 2 aromatic rings. The van der Waals surface area contributed by atoms with Crippen molar-refractivity contribution in [1.29, 1.82) is 0 Å². The number of carbonyl (C=O) groups excluding carboxylic acids is 2. The molecule has 2 amide bonds. The van der Waals surface area contributed by atoms with E-state index >= 15 is 0 Å². The van der Waals surface area contributed by atoms with E-state index in [4.69, 9.17) is 11.6 Å². The van der Waals surface area contributed by atoms with Gasteiger partial charge in [-0.05, 0) is 36.2 Å². The Morgan fingerprint density at radius 1 is 1.29 bits per heavy atom. The number of anilines is 1. The molecule has 24 heavy (non-hydrogen) atoms. The fourth-order valence-corrected chi connectivity index (χ4v) is 3.42. The van der Waals surface area contributed by atoms with Crippen LogP contribution in [0.1, 0.15) is 5.56 Å². The number of benzene rings is 1. The normalized spacial score (nSPS) is 13.5. The molecule has 2 heterocycles. The number of carbonyl (C=O) groups is 2. The number of nitrogens with one attached hydrogen (secondary N) is 1. The number of hydrogen-bond donors (Lipinski definition) is 1. The number of rotatable bonds is 5. The smallest absolute Gasteiger partial charge is 0.240 e. The van der Waals surface area contributed by atoms with Crippen LogP contribution < -0.4 is 10.2 Å². The molecule has 0 aliphatic carbocycles. The SMILES string of the molecule is O=C(CN1C(=O)CSc2ncccc21)NCCc1ccc(Cl)cc1. The van der Waals surface area contributed by atoms with Crippen molar-refractivity contribution in [3.63, 3.8) is 0 Å². The molecule has 0 bridgehead atoms. The van der Waals surface area contributed by atoms with Crippen LogP contribution in [-0.4, -0.2) is 35.6 Å². The molecule has 1 aliphatic rings. The summed E-state index contributed by atoms with van der Waals surface area (Å²) in [5.41, 5.74) is 1.80. The van der Waals surface area contributed by atoms with Crippen molar-refractivity contribution in [3.05, 3.63) is 53.2 Å². The number of amides is 2. The van der Waals surface area contributed by atoms with Gasteiger partial charge in [0.25, 0.3) is 0 Å². The molecule has 0 radical (unpaired) electrons. The first-order chi connectivity index (χ1) is 11.6.